The zero-order valence-electron chi connectivity index (χ0n) is 16.3. The van der Waals surface area contributed by atoms with E-state index >= 15 is 0 Å². The highest BCUT2D eigenvalue weighted by Gasteiger charge is 2.72. The Labute approximate surface area is 151 Å². The van der Waals surface area contributed by atoms with Gasteiger partial charge in [-0.05, 0) is 44.9 Å². The summed E-state index contributed by atoms with van der Waals surface area (Å²) in [6.45, 7) is 11.7. The normalized spacial score (nSPS) is 41.5. The van der Waals surface area contributed by atoms with Crippen molar-refractivity contribution in [2.75, 3.05) is 30.7 Å². The molecular weight excluding hydrogens is 353 g/mol. The Kier molecular flexibility index (Phi) is 6.34. The third kappa shape index (κ3) is 3.80. The van der Waals surface area contributed by atoms with Crippen LogP contribution in [0.15, 0.2) is 0 Å². The van der Waals surface area contributed by atoms with E-state index in [0.717, 1.165) is 30.7 Å². The summed E-state index contributed by atoms with van der Waals surface area (Å²) in [5.41, 5.74) is -0.364. The van der Waals surface area contributed by atoms with Crippen molar-refractivity contribution in [3.63, 3.8) is 0 Å². The van der Waals surface area contributed by atoms with Crippen LogP contribution >= 0.6 is 22.2 Å². The summed E-state index contributed by atoms with van der Waals surface area (Å²) in [6, 6.07) is 0. The van der Waals surface area contributed by atoms with Crippen LogP contribution in [0, 0.1) is 23.2 Å². The molecule has 2 aliphatic carbocycles. The van der Waals surface area contributed by atoms with Gasteiger partial charge in [-0.25, -0.2) is 0 Å². The van der Waals surface area contributed by atoms with Gasteiger partial charge >= 0.3 is 0 Å². The van der Waals surface area contributed by atoms with Gasteiger partial charge in [0.15, 0.2) is 0 Å². The maximum absolute atomic E-state index is 10.8. The molecule has 2 nitrogen and oxygen atoms in total. The molecule has 0 aromatic rings. The zero-order chi connectivity index (χ0) is 18.3. The fraction of sp³-hybridized carbons (Fsp3) is 0.842. The second kappa shape index (κ2) is 7.29. The highest BCUT2D eigenvalue weighted by molar-refractivity contribution is 7.86. The van der Waals surface area contributed by atoms with Crippen molar-refractivity contribution in [2.45, 2.75) is 46.6 Å². The topological polar surface area (TPSA) is 29.5 Å². The summed E-state index contributed by atoms with van der Waals surface area (Å²) in [7, 11) is -2.11. The standard InChI is InChI=1S/C19H37O2P3/c1-9-22(6)13-24(8,14-23(7)10-2)21-12-19-11-17(19)15(3)18(5,20)16(19)4/h15-17,20H,6-14H2,1-5H3/q+2/t15-,16+,17?,18+,19-/m1/s1. The summed E-state index contributed by atoms with van der Waals surface area (Å²) in [5, 5.41) is 10.8. The van der Waals surface area contributed by atoms with E-state index in [-0.39, 0.29) is 20.5 Å². The second-order valence-corrected chi connectivity index (χ2v) is 17.0. The minimum absolute atomic E-state index is 0.193. The van der Waals surface area contributed by atoms with Crippen LogP contribution in [0.5, 0.6) is 0 Å². The van der Waals surface area contributed by atoms with E-state index in [1.165, 1.54) is 6.42 Å². The fourth-order valence-electron chi connectivity index (χ4n) is 4.51. The minimum Gasteiger partial charge on any atom is -0.390 e. The molecule has 138 valence electrons. The highest BCUT2D eigenvalue weighted by atomic mass is 31.2. The molecule has 0 saturated heterocycles. The Hall–Kier alpha value is 0.560. The highest BCUT2D eigenvalue weighted by Crippen LogP contribution is 2.73. The molecule has 0 radical (unpaired) electrons. The first kappa shape index (κ1) is 20.9. The lowest BCUT2D eigenvalue weighted by Gasteiger charge is -2.34. The molecule has 1 N–H and O–H groups in total. The van der Waals surface area contributed by atoms with Gasteiger partial charge in [0, 0.05) is 5.41 Å². The summed E-state index contributed by atoms with van der Waals surface area (Å²) in [5.74, 6) is 3.45. The number of hydrogen-bond acceptors (Lipinski definition) is 2. The first-order valence-corrected chi connectivity index (χ1v) is 15.3. The van der Waals surface area contributed by atoms with Crippen LogP contribution in [0.25, 0.3) is 0 Å². The van der Waals surface area contributed by atoms with E-state index in [1.807, 2.05) is 6.92 Å². The van der Waals surface area contributed by atoms with Gasteiger partial charge in [-0.2, -0.15) is 0 Å². The lowest BCUT2D eigenvalue weighted by Crippen LogP contribution is -2.39. The molecule has 0 aliphatic heterocycles. The van der Waals surface area contributed by atoms with E-state index in [4.69, 9.17) is 4.52 Å². The summed E-state index contributed by atoms with van der Waals surface area (Å²) >= 11 is 0. The third-order valence-corrected chi connectivity index (χ3v) is 16.6. The van der Waals surface area contributed by atoms with E-state index in [2.05, 4.69) is 46.6 Å². The third-order valence-electron chi connectivity index (χ3n) is 6.86. The predicted molar refractivity (Wildman–Crippen MR) is 118 cm³/mol. The van der Waals surface area contributed by atoms with Crippen molar-refractivity contribution < 1.29 is 9.63 Å². The van der Waals surface area contributed by atoms with Crippen LogP contribution in [-0.4, -0.2) is 60.3 Å². The summed E-state index contributed by atoms with van der Waals surface area (Å²) < 4.78 is 6.66. The Balaban J connectivity index is 2.10. The van der Waals surface area contributed by atoms with Gasteiger partial charge < -0.3 is 9.63 Å². The molecule has 2 aliphatic rings. The van der Waals surface area contributed by atoms with Gasteiger partial charge in [0.05, 0.1) is 47.0 Å². The average Bonchev–Trinajstić information content (AvgIpc) is 3.23. The van der Waals surface area contributed by atoms with Crippen molar-refractivity contribution in [1.82, 2.24) is 0 Å². The average molecular weight is 390 g/mol. The molecule has 5 heteroatoms. The van der Waals surface area contributed by atoms with Gasteiger partial charge in [0.2, 0.25) is 0 Å². The van der Waals surface area contributed by atoms with Crippen LogP contribution in [-0.2, 0) is 4.52 Å². The molecule has 0 bridgehead atoms. The molecule has 7 atom stereocenters. The van der Waals surface area contributed by atoms with E-state index in [0.29, 0.717) is 17.8 Å². The van der Waals surface area contributed by atoms with Crippen LogP contribution in [0.1, 0.15) is 41.0 Å². The molecule has 3 unspecified atom stereocenters. The lowest BCUT2D eigenvalue weighted by atomic mass is 9.80. The maximum Gasteiger partial charge on any atom is 0.150 e. The van der Waals surface area contributed by atoms with Crippen LogP contribution in [0.3, 0.4) is 0 Å². The minimum atomic E-state index is -1.67. The molecule has 2 fully saturated rings. The molecule has 2 rings (SSSR count). The lowest BCUT2D eigenvalue weighted by molar-refractivity contribution is -0.0382. The summed E-state index contributed by atoms with van der Waals surface area (Å²) in [6.07, 6.45) is 16.8. The number of hydrogen-bond donors (Lipinski definition) is 1. The Morgan fingerprint density at radius 2 is 1.67 bits per heavy atom. The molecule has 2 saturated carbocycles. The first-order chi connectivity index (χ1) is 11.0. The largest absolute Gasteiger partial charge is 0.390 e. The summed E-state index contributed by atoms with van der Waals surface area (Å²) in [4.78, 5) is 0. The van der Waals surface area contributed by atoms with Gasteiger partial charge in [-0.15, -0.1) is 0 Å². The molecule has 24 heavy (non-hydrogen) atoms. The van der Waals surface area contributed by atoms with Crippen molar-refractivity contribution in [3.05, 3.63) is 0 Å². The molecule has 0 aromatic heterocycles. The quantitative estimate of drug-likeness (QED) is 0.549. The number of aliphatic hydroxyl groups is 1. The van der Waals surface area contributed by atoms with Gasteiger partial charge in [-0.3, -0.25) is 0 Å². The van der Waals surface area contributed by atoms with E-state index < -0.39 is 12.7 Å². The molecule has 0 spiro atoms. The molecule has 0 amide bonds. The number of rotatable bonds is 9. The van der Waals surface area contributed by atoms with Crippen molar-refractivity contribution in [3.8, 4) is 0 Å². The smallest absolute Gasteiger partial charge is 0.150 e. The molecule has 0 heterocycles. The van der Waals surface area contributed by atoms with E-state index in [1.54, 1.807) is 0 Å². The van der Waals surface area contributed by atoms with Crippen molar-refractivity contribution in [2.24, 2.45) is 23.2 Å². The Morgan fingerprint density at radius 1 is 1.17 bits per heavy atom. The van der Waals surface area contributed by atoms with Crippen LogP contribution in [0.4, 0.5) is 0 Å². The monoisotopic (exact) mass is 390 g/mol. The number of fused-ring (bicyclic) bond motifs is 1. The van der Waals surface area contributed by atoms with Gasteiger partial charge in [0.1, 0.15) is 24.1 Å². The van der Waals surface area contributed by atoms with Crippen molar-refractivity contribution >= 4 is 41.1 Å². The Bertz CT molecular complexity index is 547. The maximum atomic E-state index is 10.8. The predicted octanol–water partition coefficient (Wildman–Crippen LogP) is 5.19. The molecule has 0 aromatic carbocycles. The van der Waals surface area contributed by atoms with Gasteiger partial charge in [0.25, 0.3) is 0 Å². The fourth-order valence-corrected chi connectivity index (χ4v) is 14.3. The Morgan fingerprint density at radius 3 is 2.04 bits per heavy atom. The van der Waals surface area contributed by atoms with Crippen LogP contribution in [0.2, 0.25) is 0 Å². The van der Waals surface area contributed by atoms with Crippen molar-refractivity contribution in [1.29, 1.82) is 0 Å². The van der Waals surface area contributed by atoms with E-state index in [9.17, 15) is 5.11 Å². The van der Waals surface area contributed by atoms with Gasteiger partial charge in [-0.1, -0.05) is 20.1 Å². The molecular formula is C19H37O2P3+2. The zero-order valence-corrected chi connectivity index (χ0v) is 19.0. The second-order valence-electron chi connectivity index (χ2n) is 8.37. The first-order valence-electron chi connectivity index (χ1n) is 9.21. The SMILES string of the molecule is C=[P+](CC)CP(=C)(C[P+](=C)CC)OC[C@@]12CC1[C@@H](C)[C@](C)(O)[C@@H]2C. The van der Waals surface area contributed by atoms with Crippen LogP contribution < -0.4 is 0 Å².